The van der Waals surface area contributed by atoms with Crippen LogP contribution in [0.5, 0.6) is 5.75 Å². The smallest absolute Gasteiger partial charge is 0.262 e. The van der Waals surface area contributed by atoms with Gasteiger partial charge in [-0.2, -0.15) is 5.10 Å². The molecule has 0 saturated heterocycles. The van der Waals surface area contributed by atoms with Crippen molar-refractivity contribution in [3.05, 3.63) is 99.3 Å². The lowest BCUT2D eigenvalue weighted by Crippen LogP contribution is -2.48. The van der Waals surface area contributed by atoms with E-state index in [0.29, 0.717) is 21.4 Å². The Bertz CT molecular complexity index is 1230. The molecule has 0 bridgehead atoms. The average molecular weight is 516 g/mol. The molecular formula is C26H24Cl2FN3O3. The SMILES string of the molecule is CC(C)C(NC(=O)c1ccccc1F)C(=O)NN=Cc1cc(Cl)ccc1OCc1cccc(Cl)c1. The highest BCUT2D eigenvalue weighted by Gasteiger charge is 2.25. The van der Waals surface area contributed by atoms with Crippen molar-refractivity contribution in [2.24, 2.45) is 11.0 Å². The third-order valence-electron chi connectivity index (χ3n) is 4.99. The fourth-order valence-electron chi connectivity index (χ4n) is 3.17. The number of carbonyl (C=O) groups is 2. The molecule has 0 fully saturated rings. The van der Waals surface area contributed by atoms with E-state index in [2.05, 4.69) is 15.8 Å². The second kappa shape index (κ2) is 12.3. The zero-order valence-corrected chi connectivity index (χ0v) is 20.6. The molecule has 3 rings (SSSR count). The van der Waals surface area contributed by atoms with Crippen LogP contribution in [0.3, 0.4) is 0 Å². The molecule has 182 valence electrons. The van der Waals surface area contributed by atoms with Gasteiger partial charge in [-0.1, -0.05) is 61.3 Å². The number of hydrogen-bond acceptors (Lipinski definition) is 4. The number of nitrogens with zero attached hydrogens (tertiary/aromatic N) is 1. The maximum absolute atomic E-state index is 13.9. The highest BCUT2D eigenvalue weighted by molar-refractivity contribution is 6.31. The molecular weight excluding hydrogens is 492 g/mol. The molecule has 0 aliphatic carbocycles. The van der Waals surface area contributed by atoms with E-state index in [-0.39, 0.29) is 18.1 Å². The number of rotatable bonds is 9. The molecule has 35 heavy (non-hydrogen) atoms. The minimum atomic E-state index is -0.933. The lowest BCUT2D eigenvalue weighted by atomic mass is 10.0. The first-order valence-electron chi connectivity index (χ1n) is 10.8. The van der Waals surface area contributed by atoms with Gasteiger partial charge in [-0.3, -0.25) is 9.59 Å². The monoisotopic (exact) mass is 515 g/mol. The van der Waals surface area contributed by atoms with Gasteiger partial charge in [-0.15, -0.1) is 0 Å². The molecule has 0 aliphatic rings. The van der Waals surface area contributed by atoms with Crippen LogP contribution < -0.4 is 15.5 Å². The van der Waals surface area contributed by atoms with Crippen LogP contribution in [-0.2, 0) is 11.4 Å². The van der Waals surface area contributed by atoms with Crippen molar-refractivity contribution in [2.75, 3.05) is 0 Å². The summed E-state index contributed by atoms with van der Waals surface area (Å²) < 4.78 is 19.8. The standard InChI is InChI=1S/C26H24Cl2FN3O3/c1-16(2)24(31-25(33)21-8-3-4-9-22(21)29)26(34)32-30-14-18-13-20(28)10-11-23(18)35-15-17-6-5-7-19(27)12-17/h3-14,16,24H,15H2,1-2H3,(H,31,33)(H,32,34). The van der Waals surface area contributed by atoms with Crippen LogP contribution in [0.2, 0.25) is 10.0 Å². The molecule has 6 nitrogen and oxygen atoms in total. The number of hydrogen-bond donors (Lipinski definition) is 2. The van der Waals surface area contributed by atoms with E-state index in [1.54, 1.807) is 50.2 Å². The summed E-state index contributed by atoms with van der Waals surface area (Å²) in [6.07, 6.45) is 1.40. The van der Waals surface area contributed by atoms with Gasteiger partial charge in [-0.25, -0.2) is 9.82 Å². The molecule has 3 aromatic carbocycles. The van der Waals surface area contributed by atoms with E-state index < -0.39 is 23.7 Å². The van der Waals surface area contributed by atoms with Crippen molar-refractivity contribution < 1.29 is 18.7 Å². The Morgan fingerprint density at radius 3 is 2.49 bits per heavy atom. The predicted octanol–water partition coefficient (Wildman–Crippen LogP) is 5.62. The van der Waals surface area contributed by atoms with Crippen LogP contribution in [0.1, 0.15) is 35.3 Å². The van der Waals surface area contributed by atoms with Gasteiger partial charge in [0, 0.05) is 15.6 Å². The van der Waals surface area contributed by atoms with Gasteiger partial charge < -0.3 is 10.1 Å². The summed E-state index contributed by atoms with van der Waals surface area (Å²) in [7, 11) is 0. The second-order valence-corrected chi connectivity index (χ2v) is 8.88. The van der Waals surface area contributed by atoms with Crippen LogP contribution in [0, 0.1) is 11.7 Å². The molecule has 0 spiro atoms. The van der Waals surface area contributed by atoms with Gasteiger partial charge in [0.25, 0.3) is 11.8 Å². The maximum atomic E-state index is 13.9. The Morgan fingerprint density at radius 1 is 1.03 bits per heavy atom. The minimum Gasteiger partial charge on any atom is -0.488 e. The van der Waals surface area contributed by atoms with Crippen LogP contribution in [0.4, 0.5) is 4.39 Å². The largest absolute Gasteiger partial charge is 0.488 e. The molecule has 0 saturated carbocycles. The Balaban J connectivity index is 1.67. The Hall–Kier alpha value is -3.42. The summed E-state index contributed by atoms with van der Waals surface area (Å²) in [5.41, 5.74) is 3.70. The first kappa shape index (κ1) is 26.2. The van der Waals surface area contributed by atoms with Gasteiger partial charge in [0.1, 0.15) is 24.2 Å². The van der Waals surface area contributed by atoms with Gasteiger partial charge in [0.2, 0.25) is 0 Å². The van der Waals surface area contributed by atoms with Gasteiger partial charge in [-0.05, 0) is 53.9 Å². The molecule has 0 heterocycles. The number of nitrogens with one attached hydrogen (secondary N) is 2. The second-order valence-electron chi connectivity index (χ2n) is 8.01. The topological polar surface area (TPSA) is 79.8 Å². The summed E-state index contributed by atoms with van der Waals surface area (Å²) in [4.78, 5) is 25.2. The zero-order valence-electron chi connectivity index (χ0n) is 19.1. The maximum Gasteiger partial charge on any atom is 0.262 e. The van der Waals surface area contributed by atoms with E-state index in [9.17, 15) is 14.0 Å². The van der Waals surface area contributed by atoms with Crippen LogP contribution in [-0.4, -0.2) is 24.1 Å². The molecule has 9 heteroatoms. The van der Waals surface area contributed by atoms with Crippen LogP contribution >= 0.6 is 23.2 Å². The highest BCUT2D eigenvalue weighted by atomic mass is 35.5. The van der Waals surface area contributed by atoms with Gasteiger partial charge in [0.05, 0.1) is 11.8 Å². The van der Waals surface area contributed by atoms with Crippen molar-refractivity contribution in [1.82, 2.24) is 10.7 Å². The molecule has 2 N–H and O–H groups in total. The van der Waals surface area contributed by atoms with E-state index in [4.69, 9.17) is 27.9 Å². The third-order valence-corrected chi connectivity index (χ3v) is 5.46. The third kappa shape index (κ3) is 7.53. The van der Waals surface area contributed by atoms with E-state index in [1.165, 1.54) is 24.4 Å². The normalized spacial score (nSPS) is 11.9. The number of hydrazone groups is 1. The fraction of sp³-hybridized carbons (Fsp3) is 0.192. The quantitative estimate of drug-likeness (QED) is 0.286. The van der Waals surface area contributed by atoms with Gasteiger partial charge >= 0.3 is 0 Å². The molecule has 0 aliphatic heterocycles. The van der Waals surface area contributed by atoms with Gasteiger partial charge in [0.15, 0.2) is 0 Å². The summed E-state index contributed by atoms with van der Waals surface area (Å²) in [6.45, 7) is 3.79. The number of halogens is 3. The number of amides is 2. The van der Waals surface area contributed by atoms with Crippen molar-refractivity contribution in [1.29, 1.82) is 0 Å². The fourth-order valence-corrected chi connectivity index (χ4v) is 3.57. The van der Waals surface area contributed by atoms with Crippen molar-refractivity contribution in [3.63, 3.8) is 0 Å². The van der Waals surface area contributed by atoms with Crippen LogP contribution in [0.25, 0.3) is 0 Å². The Kier molecular flexibility index (Phi) is 9.23. The van der Waals surface area contributed by atoms with E-state index >= 15 is 0 Å². The minimum absolute atomic E-state index is 0.144. The molecule has 1 atom stereocenters. The van der Waals surface area contributed by atoms with E-state index in [0.717, 1.165) is 5.56 Å². The lowest BCUT2D eigenvalue weighted by molar-refractivity contribution is -0.123. The van der Waals surface area contributed by atoms with Crippen molar-refractivity contribution in [3.8, 4) is 5.75 Å². The average Bonchev–Trinajstić information content (AvgIpc) is 2.82. The lowest BCUT2D eigenvalue weighted by Gasteiger charge is -2.20. The van der Waals surface area contributed by atoms with Crippen LogP contribution in [0.15, 0.2) is 71.8 Å². The van der Waals surface area contributed by atoms with Crippen molar-refractivity contribution in [2.45, 2.75) is 26.5 Å². The molecule has 0 aromatic heterocycles. The summed E-state index contributed by atoms with van der Waals surface area (Å²) in [5.74, 6) is -1.68. The van der Waals surface area contributed by atoms with Crippen molar-refractivity contribution >= 4 is 41.2 Å². The first-order chi connectivity index (χ1) is 16.7. The number of ether oxygens (including phenoxy) is 1. The Labute approximate surface area is 213 Å². The molecule has 0 radical (unpaired) electrons. The summed E-state index contributed by atoms with van der Waals surface area (Å²) in [6, 6.07) is 16.9. The summed E-state index contributed by atoms with van der Waals surface area (Å²) >= 11 is 12.1. The summed E-state index contributed by atoms with van der Waals surface area (Å²) in [5, 5.41) is 7.64. The zero-order chi connectivity index (χ0) is 25.4. The Morgan fingerprint density at radius 2 is 1.77 bits per heavy atom. The first-order valence-corrected chi connectivity index (χ1v) is 11.6. The highest BCUT2D eigenvalue weighted by Crippen LogP contribution is 2.23. The predicted molar refractivity (Wildman–Crippen MR) is 135 cm³/mol. The van der Waals surface area contributed by atoms with E-state index in [1.807, 2.05) is 12.1 Å². The molecule has 2 amide bonds. The number of carbonyl (C=O) groups excluding carboxylic acids is 2. The number of benzene rings is 3. The molecule has 3 aromatic rings. The molecule has 1 unspecified atom stereocenters.